The maximum Gasteiger partial charge on any atom is 0.166 e. The molecule has 3 aromatic heterocycles. The van der Waals surface area contributed by atoms with E-state index >= 15 is 0 Å². The SMILES string of the molecule is COc1cc(-c2[nH]c(-c3cccc(C#N)c3)nc2-c2ccncc2)cnc1N. The Morgan fingerprint density at radius 1 is 1.07 bits per heavy atom. The Kier molecular flexibility index (Phi) is 4.44. The highest BCUT2D eigenvalue weighted by Crippen LogP contribution is 2.35. The summed E-state index contributed by atoms with van der Waals surface area (Å²) in [6, 6.07) is 15.0. The van der Waals surface area contributed by atoms with Crippen LogP contribution in [0, 0.1) is 11.3 Å². The molecule has 0 spiro atoms. The number of nitrogens with one attached hydrogen (secondary N) is 1. The molecule has 0 radical (unpaired) electrons. The molecule has 0 aliphatic carbocycles. The van der Waals surface area contributed by atoms with E-state index in [0.29, 0.717) is 23.0 Å². The van der Waals surface area contributed by atoms with Crippen molar-refractivity contribution in [3.63, 3.8) is 0 Å². The van der Waals surface area contributed by atoms with E-state index in [0.717, 1.165) is 28.1 Å². The molecule has 1 aromatic carbocycles. The number of aromatic nitrogens is 4. The number of hydrogen-bond donors (Lipinski definition) is 2. The molecule has 0 fully saturated rings. The summed E-state index contributed by atoms with van der Waals surface area (Å²) in [5, 5.41) is 9.19. The number of imidazole rings is 1. The topological polar surface area (TPSA) is 114 Å². The molecular formula is C21H16N6O. The number of methoxy groups -OCH3 is 1. The maximum atomic E-state index is 9.19. The van der Waals surface area contributed by atoms with Gasteiger partial charge in [-0.05, 0) is 30.3 Å². The lowest BCUT2D eigenvalue weighted by molar-refractivity contribution is 0.415. The average molecular weight is 368 g/mol. The second kappa shape index (κ2) is 7.21. The quantitative estimate of drug-likeness (QED) is 0.568. The van der Waals surface area contributed by atoms with Crippen LogP contribution in [0.4, 0.5) is 5.82 Å². The third kappa shape index (κ3) is 3.15. The molecule has 0 saturated carbocycles. The molecule has 0 bridgehead atoms. The zero-order chi connectivity index (χ0) is 19.5. The number of aromatic amines is 1. The summed E-state index contributed by atoms with van der Waals surface area (Å²) in [6.07, 6.45) is 5.10. The Morgan fingerprint density at radius 2 is 1.89 bits per heavy atom. The Morgan fingerprint density at radius 3 is 2.64 bits per heavy atom. The molecule has 0 aliphatic heterocycles. The van der Waals surface area contributed by atoms with Gasteiger partial charge in [0.1, 0.15) is 5.82 Å². The summed E-state index contributed by atoms with van der Waals surface area (Å²) < 4.78 is 5.31. The predicted molar refractivity (Wildman–Crippen MR) is 106 cm³/mol. The summed E-state index contributed by atoms with van der Waals surface area (Å²) in [4.78, 5) is 16.4. The first-order valence-electron chi connectivity index (χ1n) is 8.50. The van der Waals surface area contributed by atoms with E-state index in [1.807, 2.05) is 30.3 Å². The van der Waals surface area contributed by atoms with Gasteiger partial charge in [-0.3, -0.25) is 4.98 Å². The summed E-state index contributed by atoms with van der Waals surface area (Å²) in [7, 11) is 1.55. The molecule has 28 heavy (non-hydrogen) atoms. The second-order valence-corrected chi connectivity index (χ2v) is 6.05. The Bertz CT molecular complexity index is 1180. The fourth-order valence-corrected chi connectivity index (χ4v) is 2.93. The van der Waals surface area contributed by atoms with Gasteiger partial charge < -0.3 is 15.5 Å². The van der Waals surface area contributed by atoms with Crippen LogP contribution in [0.5, 0.6) is 5.75 Å². The summed E-state index contributed by atoms with van der Waals surface area (Å²) in [5.74, 6) is 1.45. The average Bonchev–Trinajstić information content (AvgIpc) is 3.20. The molecule has 3 N–H and O–H groups in total. The first-order valence-corrected chi connectivity index (χ1v) is 8.50. The van der Waals surface area contributed by atoms with Crippen molar-refractivity contribution in [2.75, 3.05) is 12.8 Å². The van der Waals surface area contributed by atoms with Crippen LogP contribution in [0.25, 0.3) is 33.9 Å². The highest BCUT2D eigenvalue weighted by Gasteiger charge is 2.17. The van der Waals surface area contributed by atoms with E-state index in [1.54, 1.807) is 37.8 Å². The Balaban J connectivity index is 1.92. The number of nitrogens with two attached hydrogens (primary N) is 1. The van der Waals surface area contributed by atoms with Gasteiger partial charge in [0, 0.05) is 35.3 Å². The van der Waals surface area contributed by atoms with Gasteiger partial charge >= 0.3 is 0 Å². The zero-order valence-electron chi connectivity index (χ0n) is 15.0. The van der Waals surface area contributed by atoms with Crippen LogP contribution in [0.15, 0.2) is 61.1 Å². The maximum absolute atomic E-state index is 9.19. The zero-order valence-corrected chi connectivity index (χ0v) is 15.0. The van der Waals surface area contributed by atoms with Crippen LogP contribution < -0.4 is 10.5 Å². The number of rotatable bonds is 4. The van der Waals surface area contributed by atoms with Gasteiger partial charge in [0.2, 0.25) is 0 Å². The minimum Gasteiger partial charge on any atom is -0.493 e. The van der Waals surface area contributed by atoms with Crippen LogP contribution in [0.3, 0.4) is 0 Å². The second-order valence-electron chi connectivity index (χ2n) is 6.05. The van der Waals surface area contributed by atoms with E-state index in [1.165, 1.54) is 0 Å². The molecular weight excluding hydrogens is 352 g/mol. The van der Waals surface area contributed by atoms with E-state index in [9.17, 15) is 5.26 Å². The molecule has 0 aliphatic rings. The lowest BCUT2D eigenvalue weighted by atomic mass is 10.1. The molecule has 4 aromatic rings. The van der Waals surface area contributed by atoms with Crippen molar-refractivity contribution in [1.82, 2.24) is 19.9 Å². The van der Waals surface area contributed by atoms with Crippen molar-refractivity contribution in [3.8, 4) is 45.7 Å². The van der Waals surface area contributed by atoms with Gasteiger partial charge in [-0.1, -0.05) is 12.1 Å². The minimum absolute atomic E-state index is 0.318. The lowest BCUT2D eigenvalue weighted by Gasteiger charge is -2.07. The number of H-pyrrole nitrogens is 1. The van der Waals surface area contributed by atoms with Crippen molar-refractivity contribution >= 4 is 5.82 Å². The van der Waals surface area contributed by atoms with Crippen molar-refractivity contribution in [2.45, 2.75) is 0 Å². The number of nitrogens with zero attached hydrogens (tertiary/aromatic N) is 4. The molecule has 7 heteroatoms. The van der Waals surface area contributed by atoms with Crippen LogP contribution in [0.2, 0.25) is 0 Å². The van der Waals surface area contributed by atoms with Gasteiger partial charge in [-0.25, -0.2) is 9.97 Å². The molecule has 7 nitrogen and oxygen atoms in total. The molecule has 136 valence electrons. The number of nitrogen functional groups attached to an aromatic ring is 1. The van der Waals surface area contributed by atoms with Crippen molar-refractivity contribution < 1.29 is 4.74 Å². The summed E-state index contributed by atoms with van der Waals surface area (Å²) in [6.45, 7) is 0. The summed E-state index contributed by atoms with van der Waals surface area (Å²) >= 11 is 0. The highest BCUT2D eigenvalue weighted by atomic mass is 16.5. The number of pyridine rings is 2. The molecule has 4 rings (SSSR count). The smallest absolute Gasteiger partial charge is 0.166 e. The Labute approximate surface area is 161 Å². The normalized spacial score (nSPS) is 10.4. The largest absolute Gasteiger partial charge is 0.493 e. The van der Waals surface area contributed by atoms with E-state index in [2.05, 4.69) is 21.0 Å². The van der Waals surface area contributed by atoms with E-state index in [4.69, 9.17) is 15.5 Å². The minimum atomic E-state index is 0.318. The number of nitriles is 1. The third-order valence-electron chi connectivity index (χ3n) is 4.31. The van der Waals surface area contributed by atoms with Crippen LogP contribution in [0.1, 0.15) is 5.56 Å². The molecule has 3 heterocycles. The van der Waals surface area contributed by atoms with Crippen molar-refractivity contribution in [2.24, 2.45) is 0 Å². The highest BCUT2D eigenvalue weighted by molar-refractivity contribution is 5.82. The predicted octanol–water partition coefficient (Wildman–Crippen LogP) is 3.66. The summed E-state index contributed by atoms with van der Waals surface area (Å²) in [5.41, 5.74) is 10.4. The molecule has 0 amide bonds. The van der Waals surface area contributed by atoms with Crippen molar-refractivity contribution in [3.05, 3.63) is 66.6 Å². The fraction of sp³-hybridized carbons (Fsp3) is 0.0476. The Hall–Kier alpha value is -4.18. The van der Waals surface area contributed by atoms with Crippen LogP contribution in [-0.2, 0) is 0 Å². The van der Waals surface area contributed by atoms with Crippen LogP contribution >= 0.6 is 0 Å². The molecule has 0 atom stereocenters. The molecule has 0 unspecified atom stereocenters. The van der Waals surface area contributed by atoms with Gasteiger partial charge in [0.25, 0.3) is 0 Å². The van der Waals surface area contributed by atoms with Crippen molar-refractivity contribution in [1.29, 1.82) is 5.26 Å². The number of hydrogen-bond acceptors (Lipinski definition) is 6. The lowest BCUT2D eigenvalue weighted by Crippen LogP contribution is -1.96. The standard InChI is InChI=1S/C21H16N6O/c1-28-17-10-16(12-25-20(17)23)19-18(14-5-7-24-8-6-14)26-21(27-19)15-4-2-3-13(9-15)11-22/h2-10,12H,1H3,(H2,23,25)(H,26,27). The number of anilines is 1. The van der Waals surface area contributed by atoms with E-state index in [-0.39, 0.29) is 0 Å². The van der Waals surface area contributed by atoms with Crippen LogP contribution in [-0.4, -0.2) is 27.0 Å². The number of ether oxygens (including phenoxy) is 1. The first kappa shape index (κ1) is 17.2. The first-order chi connectivity index (χ1) is 13.7. The van der Waals surface area contributed by atoms with Gasteiger partial charge in [-0.15, -0.1) is 0 Å². The number of benzene rings is 1. The van der Waals surface area contributed by atoms with E-state index < -0.39 is 0 Å². The fourth-order valence-electron chi connectivity index (χ4n) is 2.93. The monoisotopic (exact) mass is 368 g/mol. The molecule has 0 saturated heterocycles. The van der Waals surface area contributed by atoms with Gasteiger partial charge in [0.15, 0.2) is 11.6 Å². The van der Waals surface area contributed by atoms with Gasteiger partial charge in [-0.2, -0.15) is 5.26 Å². The third-order valence-corrected chi connectivity index (χ3v) is 4.31. The van der Waals surface area contributed by atoms with Gasteiger partial charge in [0.05, 0.1) is 30.1 Å².